The van der Waals surface area contributed by atoms with Crippen molar-refractivity contribution in [2.45, 2.75) is 25.8 Å². The number of carbonyl (C=O) groups is 4. The topological polar surface area (TPSA) is 275 Å². The van der Waals surface area contributed by atoms with Gasteiger partial charge in [0.1, 0.15) is 0 Å². The Kier molecular flexibility index (Phi) is 14.8. The van der Waals surface area contributed by atoms with Crippen LogP contribution < -0.4 is 32.6 Å². The van der Waals surface area contributed by atoms with Crippen molar-refractivity contribution < 1.29 is 44.7 Å². The number of hydrogen-bond acceptors (Lipinski definition) is 11. The number of carbonyl (C=O) groups excluding carboxylic acids is 3. The van der Waals surface area contributed by atoms with Crippen LogP contribution in [0.3, 0.4) is 0 Å². The monoisotopic (exact) mass is 703 g/mol. The molecule has 3 amide bonds. The summed E-state index contributed by atoms with van der Waals surface area (Å²) in [6.07, 6.45) is 3.41. The molecular weight excluding hydrogens is 662 g/mol. The summed E-state index contributed by atoms with van der Waals surface area (Å²) in [5.41, 5.74) is -2.75. The van der Waals surface area contributed by atoms with Crippen LogP contribution in [0.5, 0.6) is 17.2 Å². The summed E-state index contributed by atoms with van der Waals surface area (Å²) < 4.78 is 3.40. The Hall–Kier alpha value is -6.11. The summed E-state index contributed by atoms with van der Waals surface area (Å²) in [5.74, 6) is -4.07. The number of pyridine rings is 3. The predicted octanol–water partition coefficient (Wildman–Crippen LogP) is -0.818. The maximum Gasteiger partial charge on any atom is 0.503 e. The van der Waals surface area contributed by atoms with Crippen LogP contribution in [-0.2, 0) is 21.1 Å². The molecular formula is C31H41N7O12. The van der Waals surface area contributed by atoms with Crippen LogP contribution in [0, 0.1) is 0 Å². The average molecular weight is 704 g/mol. The molecule has 8 N–H and O–H groups in total. The number of rotatable bonds is 14. The third-order valence-electron chi connectivity index (χ3n) is 7.34. The van der Waals surface area contributed by atoms with Crippen molar-refractivity contribution in [2.75, 3.05) is 32.7 Å². The molecule has 3 heterocycles. The first kappa shape index (κ1) is 40.1. The van der Waals surface area contributed by atoms with Gasteiger partial charge in [0.25, 0.3) is 34.4 Å². The molecule has 0 aliphatic heterocycles. The molecule has 3 aromatic heterocycles. The van der Waals surface area contributed by atoms with E-state index in [0.29, 0.717) is 12.8 Å². The fourth-order valence-electron chi connectivity index (χ4n) is 4.67. The van der Waals surface area contributed by atoms with E-state index in [1.165, 1.54) is 57.9 Å². The quantitative estimate of drug-likeness (QED) is 0.102. The van der Waals surface area contributed by atoms with Gasteiger partial charge in [-0.05, 0) is 24.6 Å². The average Bonchev–Trinajstić information content (AvgIpc) is 3.04. The molecule has 1 atom stereocenters. The Balaban J connectivity index is 0.00000205. The molecule has 272 valence electrons. The third-order valence-corrected chi connectivity index (χ3v) is 7.34. The second-order valence-corrected chi connectivity index (χ2v) is 11.0. The van der Waals surface area contributed by atoms with Crippen molar-refractivity contribution in [2.24, 2.45) is 21.1 Å². The molecule has 0 radical (unpaired) electrons. The highest BCUT2D eigenvalue weighted by Gasteiger charge is 2.22. The van der Waals surface area contributed by atoms with Gasteiger partial charge in [0, 0.05) is 78.5 Å². The lowest BCUT2D eigenvalue weighted by molar-refractivity contribution is 0.0917. The number of aromatic nitrogens is 3. The maximum absolute atomic E-state index is 13.0. The van der Waals surface area contributed by atoms with Crippen molar-refractivity contribution in [1.82, 2.24) is 34.6 Å². The molecule has 0 spiro atoms. The number of aryl methyl sites for hydroxylation is 3. The van der Waals surface area contributed by atoms with Gasteiger partial charge >= 0.3 is 6.16 Å². The Bertz CT molecular complexity index is 1800. The van der Waals surface area contributed by atoms with Gasteiger partial charge in [0.05, 0.1) is 16.7 Å². The Labute approximate surface area is 284 Å². The molecule has 0 fully saturated rings. The zero-order valence-corrected chi connectivity index (χ0v) is 27.9. The summed E-state index contributed by atoms with van der Waals surface area (Å²) >= 11 is 0. The zero-order valence-electron chi connectivity index (χ0n) is 27.9. The number of nitrogens with one attached hydrogen (secondary N) is 3. The highest BCUT2D eigenvalue weighted by atomic mass is 16.6. The fourth-order valence-corrected chi connectivity index (χ4v) is 4.67. The molecule has 0 saturated carbocycles. The van der Waals surface area contributed by atoms with Gasteiger partial charge in [-0.3, -0.25) is 33.7 Å². The predicted molar refractivity (Wildman–Crippen MR) is 178 cm³/mol. The van der Waals surface area contributed by atoms with Crippen molar-refractivity contribution in [3.05, 3.63) is 84.5 Å². The van der Waals surface area contributed by atoms with E-state index in [1.807, 2.05) is 11.8 Å². The third kappa shape index (κ3) is 11.0. The van der Waals surface area contributed by atoms with E-state index < -0.39 is 63.8 Å². The number of hydrogen-bond donors (Lipinski definition) is 8. The minimum atomic E-state index is -1.83. The van der Waals surface area contributed by atoms with E-state index in [4.69, 9.17) is 15.0 Å². The van der Waals surface area contributed by atoms with Gasteiger partial charge in [0.2, 0.25) is 0 Å². The second-order valence-electron chi connectivity index (χ2n) is 11.0. The van der Waals surface area contributed by atoms with Crippen LogP contribution in [0.15, 0.2) is 51.2 Å². The summed E-state index contributed by atoms with van der Waals surface area (Å²) in [4.78, 5) is 85.0. The van der Waals surface area contributed by atoms with Gasteiger partial charge < -0.3 is 55.2 Å². The molecule has 3 rings (SSSR count). The van der Waals surface area contributed by atoms with Gasteiger partial charge in [0.15, 0.2) is 17.2 Å². The molecule has 0 aromatic carbocycles. The van der Waals surface area contributed by atoms with Crippen molar-refractivity contribution in [1.29, 1.82) is 0 Å². The highest BCUT2D eigenvalue weighted by molar-refractivity contribution is 5.97. The minimum Gasteiger partial charge on any atom is -0.502 e. The van der Waals surface area contributed by atoms with Crippen LogP contribution >= 0.6 is 0 Å². The number of amides is 3. The molecule has 0 saturated heterocycles. The molecule has 19 nitrogen and oxygen atoms in total. The molecule has 1 unspecified atom stereocenters. The van der Waals surface area contributed by atoms with Gasteiger partial charge in [-0.15, -0.1) is 0 Å². The lowest BCUT2D eigenvalue weighted by atomic mass is 10.1. The van der Waals surface area contributed by atoms with Crippen LogP contribution in [0.1, 0.15) is 50.8 Å². The van der Waals surface area contributed by atoms with Crippen LogP contribution in [0.4, 0.5) is 4.79 Å². The maximum atomic E-state index is 13.0. The van der Waals surface area contributed by atoms with E-state index >= 15 is 0 Å². The standard InChI is InChI=1S/C30H39N7O9.CH2O3/c1-5-6-18(33-27(43)21-9-14-36(4)30(46)24(21)40)17-37(15-10-31-25(41)19-7-12-34(2)28(44)22(19)38)16-11-32-26(42)20-8-13-35(3)29(45)23(20)39;2-1(3)4/h7-9,12-14,18,38-40H,5-6,10-11,15-17H2,1-4H3,(H,31,41)(H,32,42)(H,33,43);(H2,2,3,4). The fraction of sp³-hybridized carbons (Fsp3) is 0.387. The molecule has 3 aromatic rings. The normalized spacial score (nSPS) is 11.2. The van der Waals surface area contributed by atoms with Crippen molar-refractivity contribution in [3.63, 3.8) is 0 Å². The Morgan fingerprint density at radius 1 is 0.680 bits per heavy atom. The SMILES string of the molecule is CCCC(CN(CCNC(=O)c1ccn(C)c(=O)c1O)CCNC(=O)c1ccn(C)c(=O)c1O)NC(=O)c1ccn(C)c(=O)c1O.O=C(O)O. The number of nitrogens with zero attached hydrogens (tertiary/aromatic N) is 4. The Morgan fingerprint density at radius 2 is 1.02 bits per heavy atom. The minimum absolute atomic E-state index is 0.0548. The van der Waals surface area contributed by atoms with Crippen molar-refractivity contribution in [3.8, 4) is 17.2 Å². The van der Waals surface area contributed by atoms with E-state index in [-0.39, 0.29) is 49.4 Å². The van der Waals surface area contributed by atoms with Crippen LogP contribution in [0.25, 0.3) is 0 Å². The first-order chi connectivity index (χ1) is 23.5. The van der Waals surface area contributed by atoms with Crippen molar-refractivity contribution >= 4 is 23.9 Å². The van der Waals surface area contributed by atoms with Gasteiger partial charge in [-0.2, -0.15) is 0 Å². The van der Waals surface area contributed by atoms with E-state index in [1.54, 1.807) is 0 Å². The largest absolute Gasteiger partial charge is 0.503 e. The van der Waals surface area contributed by atoms with E-state index in [9.17, 15) is 44.1 Å². The summed E-state index contributed by atoms with van der Waals surface area (Å²) in [6, 6.07) is 3.47. The lowest BCUT2D eigenvalue weighted by Crippen LogP contribution is -2.48. The molecule has 50 heavy (non-hydrogen) atoms. The Morgan fingerprint density at radius 3 is 1.36 bits per heavy atom. The first-order valence-electron chi connectivity index (χ1n) is 15.2. The molecule has 19 heteroatoms. The second kappa shape index (κ2) is 18.4. The van der Waals surface area contributed by atoms with Gasteiger partial charge in [-0.1, -0.05) is 13.3 Å². The zero-order chi connectivity index (χ0) is 37.7. The number of carboxylic acid groups (broad SMARTS) is 2. The molecule has 0 bridgehead atoms. The smallest absolute Gasteiger partial charge is 0.502 e. The molecule has 0 aliphatic carbocycles. The lowest BCUT2D eigenvalue weighted by Gasteiger charge is -2.28. The van der Waals surface area contributed by atoms with Gasteiger partial charge in [-0.25, -0.2) is 4.79 Å². The van der Waals surface area contributed by atoms with E-state index in [0.717, 1.165) is 13.7 Å². The van der Waals surface area contributed by atoms with Crippen LogP contribution in [0.2, 0.25) is 0 Å². The summed E-state index contributed by atoms with van der Waals surface area (Å²) in [5, 5.41) is 52.5. The summed E-state index contributed by atoms with van der Waals surface area (Å²) in [7, 11) is 4.31. The first-order valence-corrected chi connectivity index (χ1v) is 15.2. The number of aromatic hydroxyl groups is 3. The summed E-state index contributed by atoms with van der Waals surface area (Å²) in [6.45, 7) is 2.66. The molecule has 0 aliphatic rings. The van der Waals surface area contributed by atoms with E-state index in [2.05, 4.69) is 16.0 Å². The highest BCUT2D eigenvalue weighted by Crippen LogP contribution is 2.13. The van der Waals surface area contributed by atoms with Crippen LogP contribution in [-0.4, -0.2) is 107 Å².